The number of phenolic OH excluding ortho intramolecular Hbond substituents is 1. The molecule has 0 heterocycles. The van der Waals surface area contributed by atoms with E-state index in [0.29, 0.717) is 34.3 Å². The zero-order valence-corrected chi connectivity index (χ0v) is 17.6. The molecular formula is C25H23N3O4. The van der Waals surface area contributed by atoms with E-state index in [1.165, 1.54) is 6.20 Å². The van der Waals surface area contributed by atoms with Crippen molar-refractivity contribution in [3.05, 3.63) is 78.0 Å². The maximum absolute atomic E-state index is 12.7. The van der Waals surface area contributed by atoms with Crippen molar-refractivity contribution < 1.29 is 19.4 Å². The first-order valence-corrected chi connectivity index (χ1v) is 10.2. The van der Waals surface area contributed by atoms with Crippen LogP contribution in [0.5, 0.6) is 5.75 Å². The molecule has 7 heteroatoms. The minimum atomic E-state index is -0.626. The minimum Gasteiger partial charge on any atom is -0.507 e. The number of para-hydroxylation sites is 1. The predicted octanol–water partition coefficient (Wildman–Crippen LogP) is 4.96. The highest BCUT2D eigenvalue weighted by Crippen LogP contribution is 2.30. The molecule has 0 bridgehead atoms. The number of hydrogen-bond acceptors (Lipinski definition) is 6. The van der Waals surface area contributed by atoms with E-state index in [-0.39, 0.29) is 11.3 Å². The molecule has 0 aromatic heterocycles. The number of esters is 1. The molecule has 3 aromatic carbocycles. The number of hydrogen-bond donors (Lipinski definition) is 3. The fourth-order valence-electron chi connectivity index (χ4n) is 3.06. The monoisotopic (exact) mass is 429 g/mol. The first kappa shape index (κ1) is 22.4. The number of unbranched alkanes of at least 4 members (excludes halogenated alkanes) is 1. The number of anilines is 2. The van der Waals surface area contributed by atoms with Gasteiger partial charge in [0, 0.05) is 22.7 Å². The summed E-state index contributed by atoms with van der Waals surface area (Å²) in [7, 11) is 0. The van der Waals surface area contributed by atoms with Gasteiger partial charge >= 0.3 is 5.97 Å². The first-order valence-electron chi connectivity index (χ1n) is 10.2. The summed E-state index contributed by atoms with van der Waals surface area (Å²) in [5.74, 6) is -1.01. The first-order chi connectivity index (χ1) is 15.5. The summed E-state index contributed by atoms with van der Waals surface area (Å²) in [4.78, 5) is 25.0. The van der Waals surface area contributed by atoms with Crippen LogP contribution in [-0.4, -0.2) is 23.6 Å². The standard InChI is InChI=1S/C25H23N3O4/c1-2-3-14-32-25(31)20-8-4-5-11-21(20)27-16-17(15-26)24(30)28-22-12-6-10-19-18(22)9-7-13-23(19)29/h4-13,16,27,29H,2-3,14H2,1H3,(H,28,30)/b17-16-. The number of nitrogens with zero attached hydrogens (tertiary/aromatic N) is 1. The lowest BCUT2D eigenvalue weighted by molar-refractivity contribution is -0.112. The number of amides is 1. The third-order valence-electron chi connectivity index (χ3n) is 4.76. The topological polar surface area (TPSA) is 111 Å². The third kappa shape index (κ3) is 5.24. The summed E-state index contributed by atoms with van der Waals surface area (Å²) >= 11 is 0. The van der Waals surface area contributed by atoms with Crippen molar-refractivity contribution in [1.82, 2.24) is 0 Å². The lowest BCUT2D eigenvalue weighted by atomic mass is 10.1. The molecule has 0 aliphatic carbocycles. The number of aromatic hydroxyl groups is 1. The van der Waals surface area contributed by atoms with Crippen LogP contribution in [0.15, 0.2) is 72.4 Å². The van der Waals surface area contributed by atoms with E-state index in [1.54, 1.807) is 60.7 Å². The highest BCUT2D eigenvalue weighted by Gasteiger charge is 2.14. The third-order valence-corrected chi connectivity index (χ3v) is 4.76. The zero-order chi connectivity index (χ0) is 22.9. The van der Waals surface area contributed by atoms with Gasteiger partial charge in [-0.25, -0.2) is 4.79 Å². The molecule has 0 aliphatic rings. The second kappa shape index (κ2) is 10.6. The number of ether oxygens (including phenoxy) is 1. The maximum Gasteiger partial charge on any atom is 0.340 e. The van der Waals surface area contributed by atoms with Gasteiger partial charge in [0.25, 0.3) is 5.91 Å². The van der Waals surface area contributed by atoms with Crippen LogP contribution < -0.4 is 10.6 Å². The molecule has 3 N–H and O–H groups in total. The lowest BCUT2D eigenvalue weighted by Crippen LogP contribution is -2.15. The maximum atomic E-state index is 12.7. The number of fused-ring (bicyclic) bond motifs is 1. The lowest BCUT2D eigenvalue weighted by Gasteiger charge is -2.11. The Morgan fingerprint density at radius 2 is 1.75 bits per heavy atom. The van der Waals surface area contributed by atoms with Gasteiger partial charge < -0.3 is 20.5 Å². The molecule has 32 heavy (non-hydrogen) atoms. The molecule has 7 nitrogen and oxygen atoms in total. The predicted molar refractivity (Wildman–Crippen MR) is 123 cm³/mol. The number of carbonyl (C=O) groups is 2. The Labute approximate surface area is 185 Å². The molecule has 0 atom stereocenters. The van der Waals surface area contributed by atoms with Crippen LogP contribution in [0.1, 0.15) is 30.1 Å². The number of rotatable bonds is 8. The van der Waals surface area contributed by atoms with Gasteiger partial charge in [-0.3, -0.25) is 4.79 Å². The molecule has 0 radical (unpaired) electrons. The van der Waals surface area contributed by atoms with Crippen LogP contribution in [0.25, 0.3) is 10.8 Å². The molecule has 0 aliphatic heterocycles. The molecule has 0 saturated carbocycles. The van der Waals surface area contributed by atoms with Crippen LogP contribution >= 0.6 is 0 Å². The molecule has 0 saturated heterocycles. The van der Waals surface area contributed by atoms with Gasteiger partial charge in [-0.15, -0.1) is 0 Å². The van der Waals surface area contributed by atoms with Gasteiger partial charge in [0.15, 0.2) is 0 Å². The van der Waals surface area contributed by atoms with E-state index in [1.807, 2.05) is 13.0 Å². The molecule has 3 rings (SSSR count). The van der Waals surface area contributed by atoms with E-state index < -0.39 is 11.9 Å². The smallest absolute Gasteiger partial charge is 0.340 e. The van der Waals surface area contributed by atoms with E-state index in [2.05, 4.69) is 10.6 Å². The van der Waals surface area contributed by atoms with Crippen LogP contribution in [0.3, 0.4) is 0 Å². The summed E-state index contributed by atoms with van der Waals surface area (Å²) in [6, 6.07) is 18.7. The number of phenols is 1. The van der Waals surface area contributed by atoms with Crippen LogP contribution in [0.2, 0.25) is 0 Å². The summed E-state index contributed by atoms with van der Waals surface area (Å²) in [6.07, 6.45) is 2.93. The van der Waals surface area contributed by atoms with Crippen molar-refractivity contribution >= 4 is 34.0 Å². The van der Waals surface area contributed by atoms with Crippen molar-refractivity contribution in [3.63, 3.8) is 0 Å². The average molecular weight is 429 g/mol. The van der Waals surface area contributed by atoms with Crippen molar-refractivity contribution in [2.75, 3.05) is 17.2 Å². The number of benzene rings is 3. The Bertz CT molecular complexity index is 1210. The number of nitriles is 1. The fourth-order valence-corrected chi connectivity index (χ4v) is 3.06. The quantitative estimate of drug-likeness (QED) is 0.202. The van der Waals surface area contributed by atoms with E-state index in [0.717, 1.165) is 12.8 Å². The Hall–Kier alpha value is -4.31. The van der Waals surface area contributed by atoms with Gasteiger partial charge in [0.1, 0.15) is 17.4 Å². The Morgan fingerprint density at radius 3 is 2.53 bits per heavy atom. The fraction of sp³-hybridized carbons (Fsp3) is 0.160. The molecule has 0 unspecified atom stereocenters. The van der Waals surface area contributed by atoms with Gasteiger partial charge in [0.05, 0.1) is 17.9 Å². The SMILES string of the molecule is CCCCOC(=O)c1ccccc1N/C=C(/C#N)C(=O)Nc1cccc2c(O)cccc12. The molecule has 162 valence electrons. The van der Waals surface area contributed by atoms with Crippen LogP contribution in [0, 0.1) is 11.3 Å². The van der Waals surface area contributed by atoms with Gasteiger partial charge in [-0.05, 0) is 30.7 Å². The Kier molecular flexibility index (Phi) is 7.44. The average Bonchev–Trinajstić information content (AvgIpc) is 2.80. The minimum absolute atomic E-state index is 0.0961. The number of nitrogens with one attached hydrogen (secondary N) is 2. The summed E-state index contributed by atoms with van der Waals surface area (Å²) in [6.45, 7) is 2.33. The van der Waals surface area contributed by atoms with E-state index in [4.69, 9.17) is 4.74 Å². The second-order valence-corrected chi connectivity index (χ2v) is 6.98. The molecule has 0 fully saturated rings. The molecular weight excluding hydrogens is 406 g/mol. The van der Waals surface area contributed by atoms with Crippen molar-refractivity contribution in [1.29, 1.82) is 5.26 Å². The normalized spacial score (nSPS) is 10.9. The Balaban J connectivity index is 1.78. The largest absolute Gasteiger partial charge is 0.507 e. The molecule has 1 amide bonds. The van der Waals surface area contributed by atoms with E-state index in [9.17, 15) is 20.0 Å². The molecule has 3 aromatic rings. The highest BCUT2D eigenvalue weighted by molar-refractivity contribution is 6.11. The zero-order valence-electron chi connectivity index (χ0n) is 17.6. The van der Waals surface area contributed by atoms with Crippen molar-refractivity contribution in [3.8, 4) is 11.8 Å². The number of carbonyl (C=O) groups excluding carboxylic acids is 2. The van der Waals surface area contributed by atoms with Gasteiger partial charge in [-0.1, -0.05) is 49.7 Å². The van der Waals surface area contributed by atoms with E-state index >= 15 is 0 Å². The van der Waals surface area contributed by atoms with Gasteiger partial charge in [0.2, 0.25) is 0 Å². The molecule has 0 spiro atoms. The van der Waals surface area contributed by atoms with Crippen LogP contribution in [-0.2, 0) is 9.53 Å². The van der Waals surface area contributed by atoms with Crippen molar-refractivity contribution in [2.24, 2.45) is 0 Å². The highest BCUT2D eigenvalue weighted by atomic mass is 16.5. The van der Waals surface area contributed by atoms with Gasteiger partial charge in [-0.2, -0.15) is 5.26 Å². The van der Waals surface area contributed by atoms with Crippen molar-refractivity contribution in [2.45, 2.75) is 19.8 Å². The summed E-state index contributed by atoms with van der Waals surface area (Å²) in [5, 5.41) is 26.3. The second-order valence-electron chi connectivity index (χ2n) is 6.98. The summed E-state index contributed by atoms with van der Waals surface area (Å²) in [5.41, 5.74) is 1.01. The Morgan fingerprint density at radius 1 is 1.03 bits per heavy atom. The summed E-state index contributed by atoms with van der Waals surface area (Å²) < 4.78 is 5.25. The van der Waals surface area contributed by atoms with Crippen LogP contribution in [0.4, 0.5) is 11.4 Å².